The molecule has 0 unspecified atom stereocenters. The summed E-state index contributed by atoms with van der Waals surface area (Å²) in [6.07, 6.45) is 2.21. The molecule has 1 amide bonds. The number of carbonyl (C=O) groups excluding carboxylic acids is 1. The molecule has 1 N–H and O–H groups in total. The van der Waals surface area contributed by atoms with Crippen molar-refractivity contribution >= 4 is 29.1 Å². The number of aromatic nitrogens is 2. The van der Waals surface area contributed by atoms with E-state index in [-0.39, 0.29) is 11.9 Å². The number of ether oxygens (including phenoxy) is 1. The number of thiocarbonyl (C=S) groups is 1. The second-order valence-electron chi connectivity index (χ2n) is 8.84. The van der Waals surface area contributed by atoms with Gasteiger partial charge in [-0.3, -0.25) is 4.79 Å². The van der Waals surface area contributed by atoms with Crippen molar-refractivity contribution in [2.75, 3.05) is 44.7 Å². The number of anilines is 1. The minimum Gasteiger partial charge on any atom is -0.497 e. The smallest absolute Gasteiger partial charge is 0.242 e. The van der Waals surface area contributed by atoms with Gasteiger partial charge in [0.25, 0.3) is 0 Å². The maximum absolute atomic E-state index is 13.0. The minimum absolute atomic E-state index is 0.133. The van der Waals surface area contributed by atoms with Crippen LogP contribution < -0.4 is 15.0 Å². The largest absolute Gasteiger partial charge is 0.497 e. The lowest BCUT2D eigenvalue weighted by Crippen LogP contribution is -2.53. The second-order valence-corrected chi connectivity index (χ2v) is 9.23. The van der Waals surface area contributed by atoms with Crippen LogP contribution in [0.1, 0.15) is 26.7 Å². The maximum Gasteiger partial charge on any atom is 0.242 e. The molecule has 8 nitrogen and oxygen atoms in total. The van der Waals surface area contributed by atoms with Gasteiger partial charge in [-0.05, 0) is 63.2 Å². The normalized spacial score (nSPS) is 16.0. The fraction of sp³-hybridized carbons (Fsp3) is 0.500. The zero-order valence-electron chi connectivity index (χ0n) is 19.5. The number of benzene rings is 1. The SMILES string of the molecule is COc1cccc(-c2ccc(N3CCN(C(=O)CN(C(=S)NC(C)C)C4CC4)CC3)nn2)c1. The zero-order valence-corrected chi connectivity index (χ0v) is 20.3. The number of methoxy groups -OCH3 is 1. The molecular formula is C24H32N6O2S. The first-order chi connectivity index (χ1) is 15.9. The van der Waals surface area contributed by atoms with Gasteiger partial charge in [0.2, 0.25) is 5.91 Å². The summed E-state index contributed by atoms with van der Waals surface area (Å²) in [5.74, 6) is 1.75. The lowest BCUT2D eigenvalue weighted by Gasteiger charge is -2.36. The van der Waals surface area contributed by atoms with E-state index >= 15 is 0 Å². The number of piperazine rings is 1. The first kappa shape index (κ1) is 23.2. The van der Waals surface area contributed by atoms with Crippen LogP contribution in [0.2, 0.25) is 0 Å². The average Bonchev–Trinajstić information content (AvgIpc) is 3.67. The Morgan fingerprint density at radius 2 is 1.94 bits per heavy atom. The Balaban J connectivity index is 1.31. The zero-order chi connectivity index (χ0) is 23.4. The van der Waals surface area contributed by atoms with Crippen molar-refractivity contribution in [3.8, 4) is 17.0 Å². The van der Waals surface area contributed by atoms with E-state index in [1.54, 1.807) is 7.11 Å². The van der Waals surface area contributed by atoms with E-state index in [1.807, 2.05) is 41.3 Å². The quantitative estimate of drug-likeness (QED) is 0.622. The topological polar surface area (TPSA) is 73.8 Å². The average molecular weight is 469 g/mol. The van der Waals surface area contributed by atoms with E-state index in [9.17, 15) is 4.79 Å². The van der Waals surface area contributed by atoms with Crippen LogP contribution in [0.3, 0.4) is 0 Å². The van der Waals surface area contributed by atoms with Crippen molar-refractivity contribution in [3.05, 3.63) is 36.4 Å². The van der Waals surface area contributed by atoms with Gasteiger partial charge in [-0.1, -0.05) is 12.1 Å². The van der Waals surface area contributed by atoms with E-state index in [2.05, 4.69) is 39.2 Å². The molecule has 2 fully saturated rings. The summed E-state index contributed by atoms with van der Waals surface area (Å²) in [6, 6.07) is 12.4. The van der Waals surface area contributed by atoms with Crippen molar-refractivity contribution in [2.45, 2.75) is 38.8 Å². The molecule has 1 aromatic heterocycles. The van der Waals surface area contributed by atoms with Gasteiger partial charge in [-0.25, -0.2) is 0 Å². The molecular weight excluding hydrogens is 436 g/mol. The predicted octanol–water partition coefficient (Wildman–Crippen LogP) is 2.55. The van der Waals surface area contributed by atoms with Crippen molar-refractivity contribution in [2.24, 2.45) is 0 Å². The van der Waals surface area contributed by atoms with Gasteiger partial charge >= 0.3 is 0 Å². The van der Waals surface area contributed by atoms with Crippen molar-refractivity contribution in [1.29, 1.82) is 0 Å². The van der Waals surface area contributed by atoms with E-state index in [1.165, 1.54) is 0 Å². The molecule has 0 bridgehead atoms. The lowest BCUT2D eigenvalue weighted by molar-refractivity contribution is -0.132. The fourth-order valence-electron chi connectivity index (χ4n) is 3.94. The number of nitrogens with zero attached hydrogens (tertiary/aromatic N) is 5. The van der Waals surface area contributed by atoms with Gasteiger partial charge in [-0.15, -0.1) is 10.2 Å². The van der Waals surface area contributed by atoms with Crippen molar-refractivity contribution in [1.82, 2.24) is 25.3 Å². The number of amides is 1. The number of rotatable bonds is 7. The Hall–Kier alpha value is -2.94. The van der Waals surface area contributed by atoms with Gasteiger partial charge in [0, 0.05) is 43.8 Å². The van der Waals surface area contributed by atoms with Crippen LogP contribution in [0, 0.1) is 0 Å². The summed E-state index contributed by atoms with van der Waals surface area (Å²) < 4.78 is 5.29. The van der Waals surface area contributed by atoms with Crippen LogP contribution in [0.4, 0.5) is 5.82 Å². The highest BCUT2D eigenvalue weighted by molar-refractivity contribution is 7.80. The first-order valence-electron chi connectivity index (χ1n) is 11.5. The molecule has 33 heavy (non-hydrogen) atoms. The van der Waals surface area contributed by atoms with Crippen molar-refractivity contribution < 1.29 is 9.53 Å². The van der Waals surface area contributed by atoms with E-state index in [0.717, 1.165) is 48.8 Å². The van der Waals surface area contributed by atoms with E-state index in [0.29, 0.717) is 30.8 Å². The molecule has 2 heterocycles. The van der Waals surface area contributed by atoms with Crippen LogP contribution in [-0.4, -0.2) is 82.9 Å². The van der Waals surface area contributed by atoms with Crippen LogP contribution in [0.15, 0.2) is 36.4 Å². The number of hydrogen-bond donors (Lipinski definition) is 1. The van der Waals surface area contributed by atoms with Gasteiger partial charge in [0.1, 0.15) is 5.75 Å². The summed E-state index contributed by atoms with van der Waals surface area (Å²) >= 11 is 5.54. The summed E-state index contributed by atoms with van der Waals surface area (Å²) in [5.41, 5.74) is 1.77. The van der Waals surface area contributed by atoms with Crippen LogP contribution in [-0.2, 0) is 4.79 Å². The summed E-state index contributed by atoms with van der Waals surface area (Å²) in [4.78, 5) is 19.1. The molecule has 2 aromatic rings. The minimum atomic E-state index is 0.133. The molecule has 9 heteroatoms. The summed E-state index contributed by atoms with van der Waals surface area (Å²) in [5, 5.41) is 12.8. The third-order valence-corrected chi connectivity index (χ3v) is 6.29. The highest BCUT2D eigenvalue weighted by Gasteiger charge is 2.34. The molecule has 1 saturated heterocycles. The van der Waals surface area contributed by atoms with Gasteiger partial charge < -0.3 is 24.8 Å². The second kappa shape index (κ2) is 10.3. The molecule has 0 atom stereocenters. The molecule has 0 radical (unpaired) electrons. The third-order valence-electron chi connectivity index (χ3n) is 5.94. The third kappa shape index (κ3) is 5.90. The first-order valence-corrected chi connectivity index (χ1v) is 11.9. The molecule has 1 aliphatic heterocycles. The Bertz CT molecular complexity index is 971. The van der Waals surface area contributed by atoms with Crippen LogP contribution in [0.5, 0.6) is 5.75 Å². The molecule has 1 saturated carbocycles. The lowest BCUT2D eigenvalue weighted by atomic mass is 10.1. The Labute approximate surface area is 200 Å². The Morgan fingerprint density at radius 3 is 2.55 bits per heavy atom. The van der Waals surface area contributed by atoms with Crippen molar-refractivity contribution in [3.63, 3.8) is 0 Å². The molecule has 4 rings (SSSR count). The number of nitrogens with one attached hydrogen (secondary N) is 1. The molecule has 0 spiro atoms. The Kier molecular flexibility index (Phi) is 7.27. The van der Waals surface area contributed by atoms with Gasteiger partial charge in [-0.2, -0.15) is 0 Å². The standard InChI is InChI=1S/C24H32N6O2S/c1-17(2)25-24(33)30(19-7-8-19)16-23(31)29-13-11-28(12-14-29)22-10-9-21(26-27-22)18-5-4-6-20(15-18)32-3/h4-6,9-10,15,17,19H,7-8,11-14,16H2,1-3H3,(H,25,33). The van der Waals surface area contributed by atoms with Gasteiger partial charge in [0.15, 0.2) is 10.9 Å². The predicted molar refractivity (Wildman–Crippen MR) is 133 cm³/mol. The monoisotopic (exact) mass is 468 g/mol. The molecule has 2 aliphatic rings. The Morgan fingerprint density at radius 1 is 1.18 bits per heavy atom. The summed E-state index contributed by atoms with van der Waals surface area (Å²) in [7, 11) is 1.65. The summed E-state index contributed by atoms with van der Waals surface area (Å²) in [6.45, 7) is 7.27. The van der Waals surface area contributed by atoms with Crippen LogP contribution >= 0.6 is 12.2 Å². The number of hydrogen-bond acceptors (Lipinski definition) is 6. The maximum atomic E-state index is 13.0. The molecule has 1 aliphatic carbocycles. The number of carbonyl (C=O) groups is 1. The fourth-order valence-corrected chi connectivity index (χ4v) is 4.39. The van der Waals surface area contributed by atoms with E-state index in [4.69, 9.17) is 17.0 Å². The van der Waals surface area contributed by atoms with Crippen LogP contribution in [0.25, 0.3) is 11.3 Å². The highest BCUT2D eigenvalue weighted by atomic mass is 32.1. The molecule has 1 aromatic carbocycles. The molecule has 176 valence electrons. The van der Waals surface area contributed by atoms with Gasteiger partial charge in [0.05, 0.1) is 19.3 Å². The highest BCUT2D eigenvalue weighted by Crippen LogP contribution is 2.27. The van der Waals surface area contributed by atoms with E-state index < -0.39 is 0 Å².